The van der Waals surface area contributed by atoms with E-state index in [1.54, 1.807) is 12.1 Å². The van der Waals surface area contributed by atoms with Gasteiger partial charge in [0.2, 0.25) is 0 Å². The highest BCUT2D eigenvalue weighted by Gasteiger charge is 2.17. The molecule has 0 unspecified atom stereocenters. The lowest BCUT2D eigenvalue weighted by atomic mass is 10.1. The van der Waals surface area contributed by atoms with Crippen LogP contribution in [0.1, 0.15) is 11.1 Å². The second kappa shape index (κ2) is 4.72. The molecule has 3 nitrogen and oxygen atoms in total. The van der Waals surface area contributed by atoms with Crippen LogP contribution >= 0.6 is 31.9 Å². The number of halogens is 2. The van der Waals surface area contributed by atoms with Gasteiger partial charge in [0.25, 0.3) is 5.69 Å². The van der Waals surface area contributed by atoms with E-state index >= 15 is 0 Å². The van der Waals surface area contributed by atoms with Crippen molar-refractivity contribution in [3.05, 3.63) is 39.4 Å². The highest BCUT2D eigenvalue weighted by atomic mass is 79.9. The zero-order chi connectivity index (χ0) is 9.84. The van der Waals surface area contributed by atoms with Crippen molar-refractivity contribution in [2.24, 2.45) is 0 Å². The molecule has 0 aliphatic rings. The van der Waals surface area contributed by atoms with Gasteiger partial charge in [-0.15, -0.1) is 0 Å². The van der Waals surface area contributed by atoms with Crippen LogP contribution in [-0.2, 0) is 10.7 Å². The third-order valence-corrected chi connectivity index (χ3v) is 2.88. The number of benzene rings is 1. The molecular formula is C8H7Br2NO2. The summed E-state index contributed by atoms with van der Waals surface area (Å²) in [5.41, 5.74) is 1.63. The molecular weight excluding hydrogens is 302 g/mol. The van der Waals surface area contributed by atoms with Crippen molar-refractivity contribution in [3.8, 4) is 0 Å². The minimum absolute atomic E-state index is 0.205. The molecule has 0 radical (unpaired) electrons. The van der Waals surface area contributed by atoms with Gasteiger partial charge >= 0.3 is 0 Å². The van der Waals surface area contributed by atoms with E-state index in [0.717, 1.165) is 0 Å². The van der Waals surface area contributed by atoms with Crippen LogP contribution in [0.25, 0.3) is 0 Å². The third-order valence-electron chi connectivity index (χ3n) is 1.67. The van der Waals surface area contributed by atoms with Crippen molar-refractivity contribution in [1.29, 1.82) is 0 Å². The lowest BCUT2D eigenvalue weighted by molar-refractivity contribution is -0.386. The Balaban J connectivity index is 3.29. The normalized spacial score (nSPS) is 10.0. The predicted molar refractivity (Wildman–Crippen MR) is 58.4 cm³/mol. The van der Waals surface area contributed by atoms with E-state index in [9.17, 15) is 10.1 Å². The number of nitro groups is 1. The molecule has 0 bridgehead atoms. The van der Waals surface area contributed by atoms with Gasteiger partial charge in [-0.3, -0.25) is 10.1 Å². The summed E-state index contributed by atoms with van der Waals surface area (Å²) in [6.07, 6.45) is 0. The molecule has 70 valence electrons. The molecule has 0 fully saturated rings. The Morgan fingerprint density at radius 3 is 2.00 bits per heavy atom. The molecule has 0 heterocycles. The number of hydrogen-bond donors (Lipinski definition) is 0. The fraction of sp³-hybridized carbons (Fsp3) is 0.250. The van der Waals surface area contributed by atoms with Crippen LogP contribution in [0.2, 0.25) is 0 Å². The molecule has 0 aromatic heterocycles. The van der Waals surface area contributed by atoms with Crippen LogP contribution in [0, 0.1) is 10.1 Å². The van der Waals surface area contributed by atoms with E-state index in [1.165, 1.54) is 0 Å². The van der Waals surface area contributed by atoms with Crippen molar-refractivity contribution >= 4 is 37.5 Å². The highest BCUT2D eigenvalue weighted by Crippen LogP contribution is 2.27. The number of rotatable bonds is 3. The molecule has 1 rings (SSSR count). The Labute approximate surface area is 92.5 Å². The maximum atomic E-state index is 10.7. The molecule has 0 atom stereocenters. The van der Waals surface area contributed by atoms with Gasteiger partial charge in [0, 0.05) is 21.8 Å². The first kappa shape index (κ1) is 10.7. The topological polar surface area (TPSA) is 43.1 Å². The Morgan fingerprint density at radius 2 is 1.69 bits per heavy atom. The smallest absolute Gasteiger partial charge is 0.258 e. The van der Waals surface area contributed by atoms with Gasteiger partial charge in [0.1, 0.15) is 0 Å². The Morgan fingerprint density at radius 1 is 1.23 bits per heavy atom. The maximum Gasteiger partial charge on any atom is 0.277 e. The fourth-order valence-electron chi connectivity index (χ4n) is 1.09. The third kappa shape index (κ3) is 2.28. The SMILES string of the molecule is O=[N+]([O-])c1c(CBr)cccc1CBr. The van der Waals surface area contributed by atoms with Gasteiger partial charge in [-0.05, 0) is 0 Å². The molecule has 0 spiro atoms. The second-order valence-corrected chi connectivity index (χ2v) is 3.57. The molecule has 0 aliphatic heterocycles. The van der Waals surface area contributed by atoms with Gasteiger partial charge in [0.05, 0.1) is 4.92 Å². The molecule has 13 heavy (non-hydrogen) atoms. The highest BCUT2D eigenvalue weighted by molar-refractivity contribution is 9.08. The number of alkyl halides is 2. The van der Waals surface area contributed by atoms with E-state index in [4.69, 9.17) is 0 Å². The van der Waals surface area contributed by atoms with Crippen LogP contribution < -0.4 is 0 Å². The van der Waals surface area contributed by atoms with Gasteiger partial charge in [-0.25, -0.2) is 0 Å². The molecule has 0 saturated carbocycles. The molecule has 1 aromatic rings. The average molecular weight is 309 g/mol. The molecule has 0 N–H and O–H groups in total. The summed E-state index contributed by atoms with van der Waals surface area (Å²) >= 11 is 6.44. The fourth-order valence-corrected chi connectivity index (χ4v) is 2.00. The number of para-hydroxylation sites is 1. The number of nitro benzene ring substituents is 1. The van der Waals surface area contributed by atoms with Crippen LogP contribution in [0.15, 0.2) is 18.2 Å². The summed E-state index contributed by atoms with van der Waals surface area (Å²) in [5.74, 6) is 0. The first-order valence-corrected chi connectivity index (χ1v) is 5.82. The summed E-state index contributed by atoms with van der Waals surface area (Å²) in [4.78, 5) is 10.4. The van der Waals surface area contributed by atoms with Crippen LogP contribution in [0.4, 0.5) is 5.69 Å². The standard InChI is InChI=1S/C8H7Br2NO2/c9-4-6-2-1-3-7(5-10)8(6)11(12)13/h1-3H,4-5H2. The Kier molecular flexibility index (Phi) is 3.87. The number of nitrogens with zero attached hydrogens (tertiary/aromatic N) is 1. The zero-order valence-corrected chi connectivity index (χ0v) is 9.84. The minimum Gasteiger partial charge on any atom is -0.258 e. The van der Waals surface area contributed by atoms with Crippen molar-refractivity contribution in [3.63, 3.8) is 0 Å². The van der Waals surface area contributed by atoms with Crippen molar-refractivity contribution in [2.45, 2.75) is 10.7 Å². The van der Waals surface area contributed by atoms with Crippen molar-refractivity contribution in [1.82, 2.24) is 0 Å². The largest absolute Gasteiger partial charge is 0.277 e. The average Bonchev–Trinajstić information content (AvgIpc) is 2.16. The summed E-state index contributed by atoms with van der Waals surface area (Å²) in [6, 6.07) is 5.32. The Bertz CT molecular complexity index is 306. The van der Waals surface area contributed by atoms with Crippen LogP contribution in [0.5, 0.6) is 0 Å². The molecule has 0 saturated heterocycles. The first-order chi connectivity index (χ1) is 6.20. The van der Waals surface area contributed by atoms with Gasteiger partial charge < -0.3 is 0 Å². The predicted octanol–water partition coefficient (Wildman–Crippen LogP) is 3.38. The summed E-state index contributed by atoms with van der Waals surface area (Å²) in [7, 11) is 0. The van der Waals surface area contributed by atoms with E-state index in [-0.39, 0.29) is 10.6 Å². The molecule has 1 aromatic carbocycles. The summed E-state index contributed by atoms with van der Waals surface area (Å²) in [6.45, 7) is 0. The number of hydrogen-bond acceptors (Lipinski definition) is 2. The van der Waals surface area contributed by atoms with Crippen molar-refractivity contribution < 1.29 is 4.92 Å². The summed E-state index contributed by atoms with van der Waals surface area (Å²) in [5, 5.41) is 11.7. The lowest BCUT2D eigenvalue weighted by Gasteiger charge is -2.02. The quantitative estimate of drug-likeness (QED) is 0.488. The lowest BCUT2D eigenvalue weighted by Crippen LogP contribution is -1.97. The molecule has 0 aliphatic carbocycles. The Hall–Kier alpha value is -0.420. The monoisotopic (exact) mass is 307 g/mol. The molecule has 5 heteroatoms. The van der Waals surface area contributed by atoms with Crippen LogP contribution in [-0.4, -0.2) is 4.92 Å². The van der Waals surface area contributed by atoms with Gasteiger partial charge in [-0.2, -0.15) is 0 Å². The van der Waals surface area contributed by atoms with E-state index in [0.29, 0.717) is 21.8 Å². The molecule has 0 amide bonds. The minimum atomic E-state index is -0.340. The van der Waals surface area contributed by atoms with Gasteiger partial charge in [0.15, 0.2) is 0 Å². The van der Waals surface area contributed by atoms with Gasteiger partial charge in [-0.1, -0.05) is 50.1 Å². The van der Waals surface area contributed by atoms with E-state index < -0.39 is 0 Å². The maximum absolute atomic E-state index is 10.7. The summed E-state index contributed by atoms with van der Waals surface area (Å²) < 4.78 is 0. The van der Waals surface area contributed by atoms with Crippen LogP contribution in [0.3, 0.4) is 0 Å². The van der Waals surface area contributed by atoms with E-state index in [2.05, 4.69) is 31.9 Å². The second-order valence-electron chi connectivity index (χ2n) is 2.45. The first-order valence-electron chi connectivity index (χ1n) is 3.57. The zero-order valence-electron chi connectivity index (χ0n) is 6.67. The van der Waals surface area contributed by atoms with Crippen molar-refractivity contribution in [2.75, 3.05) is 0 Å². The van der Waals surface area contributed by atoms with E-state index in [1.807, 2.05) is 6.07 Å².